The summed E-state index contributed by atoms with van der Waals surface area (Å²) >= 11 is 6.38. The molecule has 0 radical (unpaired) electrons. The summed E-state index contributed by atoms with van der Waals surface area (Å²) in [5, 5.41) is 8.86. The number of aromatic nitrogens is 3. The summed E-state index contributed by atoms with van der Waals surface area (Å²) in [6.07, 6.45) is 1.72. The van der Waals surface area contributed by atoms with E-state index in [1.807, 2.05) is 19.1 Å². The van der Waals surface area contributed by atoms with Gasteiger partial charge in [-0.2, -0.15) is 5.10 Å². The molecule has 0 spiro atoms. The molecule has 1 atom stereocenters. The standard InChI is InChI=1S/C18H13ClFN3OS/c1-2-25(24)17-16(10-3-5-12(20)6-4-10)13-7-11-9-21-23-14(11)8-15(13)22-18(17)19/h3-9H,2H2,1H3,(H,21,23). The number of rotatable bonds is 3. The van der Waals surface area contributed by atoms with Crippen LogP contribution < -0.4 is 0 Å². The van der Waals surface area contributed by atoms with Gasteiger partial charge in [-0.1, -0.05) is 30.7 Å². The maximum absolute atomic E-state index is 13.4. The van der Waals surface area contributed by atoms with Crippen molar-refractivity contribution in [3.63, 3.8) is 0 Å². The Bertz CT molecular complexity index is 1120. The smallest absolute Gasteiger partial charge is 0.146 e. The average Bonchev–Trinajstić information content (AvgIpc) is 3.06. The summed E-state index contributed by atoms with van der Waals surface area (Å²) in [6, 6.07) is 9.88. The van der Waals surface area contributed by atoms with Gasteiger partial charge in [-0.15, -0.1) is 0 Å². The number of halogens is 2. The van der Waals surface area contributed by atoms with Crippen LogP contribution in [0, 0.1) is 5.82 Å². The molecule has 0 amide bonds. The Morgan fingerprint density at radius 3 is 2.72 bits per heavy atom. The number of aromatic amines is 1. The van der Waals surface area contributed by atoms with Crippen molar-refractivity contribution in [2.75, 3.05) is 5.75 Å². The van der Waals surface area contributed by atoms with E-state index in [2.05, 4.69) is 15.2 Å². The zero-order valence-corrected chi connectivity index (χ0v) is 14.8. The second kappa shape index (κ2) is 6.20. The van der Waals surface area contributed by atoms with E-state index in [-0.39, 0.29) is 11.0 Å². The molecule has 2 heterocycles. The highest BCUT2D eigenvalue weighted by molar-refractivity contribution is 7.85. The first-order valence-corrected chi connectivity index (χ1v) is 9.39. The van der Waals surface area contributed by atoms with Crippen molar-refractivity contribution < 1.29 is 8.60 Å². The molecule has 0 saturated heterocycles. The van der Waals surface area contributed by atoms with Gasteiger partial charge in [-0.25, -0.2) is 9.37 Å². The number of nitrogens with one attached hydrogen (secondary N) is 1. The number of hydrogen-bond donors (Lipinski definition) is 1. The van der Waals surface area contributed by atoms with E-state index in [1.165, 1.54) is 12.1 Å². The molecule has 7 heteroatoms. The topological polar surface area (TPSA) is 58.6 Å². The second-order valence-electron chi connectivity index (χ2n) is 5.57. The molecule has 0 aliphatic rings. The first kappa shape index (κ1) is 16.2. The Labute approximate surface area is 150 Å². The van der Waals surface area contributed by atoms with Crippen molar-refractivity contribution in [1.82, 2.24) is 15.2 Å². The number of H-pyrrole nitrogens is 1. The molecule has 0 aliphatic heterocycles. The van der Waals surface area contributed by atoms with E-state index in [1.54, 1.807) is 18.3 Å². The molecule has 0 aliphatic carbocycles. The van der Waals surface area contributed by atoms with Crippen LogP contribution >= 0.6 is 11.6 Å². The van der Waals surface area contributed by atoms with Gasteiger partial charge in [0.05, 0.1) is 32.9 Å². The minimum Gasteiger partial charge on any atom is -0.278 e. The van der Waals surface area contributed by atoms with Crippen LogP contribution in [0.25, 0.3) is 32.9 Å². The lowest BCUT2D eigenvalue weighted by Crippen LogP contribution is -2.01. The molecule has 4 aromatic rings. The predicted molar refractivity (Wildman–Crippen MR) is 98.7 cm³/mol. The number of hydrogen-bond acceptors (Lipinski definition) is 3. The second-order valence-corrected chi connectivity index (χ2v) is 7.61. The Morgan fingerprint density at radius 2 is 2.00 bits per heavy atom. The van der Waals surface area contributed by atoms with E-state index in [4.69, 9.17) is 11.6 Å². The van der Waals surface area contributed by atoms with Crippen LogP contribution in [0.4, 0.5) is 4.39 Å². The predicted octanol–water partition coefficient (Wildman–Crippen LogP) is 4.70. The third-order valence-corrected chi connectivity index (χ3v) is 5.84. The molecule has 25 heavy (non-hydrogen) atoms. The lowest BCUT2D eigenvalue weighted by Gasteiger charge is -2.14. The van der Waals surface area contributed by atoms with Crippen molar-refractivity contribution in [2.24, 2.45) is 0 Å². The van der Waals surface area contributed by atoms with E-state index in [0.29, 0.717) is 16.2 Å². The van der Waals surface area contributed by atoms with Crippen LogP contribution in [0.3, 0.4) is 0 Å². The average molecular weight is 374 g/mol. The molecule has 4 rings (SSSR count). The lowest BCUT2D eigenvalue weighted by molar-refractivity contribution is 0.628. The largest absolute Gasteiger partial charge is 0.278 e. The normalized spacial score (nSPS) is 12.8. The van der Waals surface area contributed by atoms with Crippen LogP contribution in [-0.4, -0.2) is 25.1 Å². The third-order valence-electron chi connectivity index (χ3n) is 4.08. The molecule has 0 bridgehead atoms. The van der Waals surface area contributed by atoms with Gasteiger partial charge in [0.15, 0.2) is 0 Å². The lowest BCUT2D eigenvalue weighted by atomic mass is 10.00. The van der Waals surface area contributed by atoms with Gasteiger partial charge < -0.3 is 0 Å². The molecular formula is C18H13ClFN3OS. The van der Waals surface area contributed by atoms with E-state index in [9.17, 15) is 8.60 Å². The van der Waals surface area contributed by atoms with Crippen molar-refractivity contribution in [3.05, 3.63) is 53.6 Å². The monoisotopic (exact) mass is 373 g/mol. The third kappa shape index (κ3) is 2.71. The Kier molecular flexibility index (Phi) is 4.01. The summed E-state index contributed by atoms with van der Waals surface area (Å²) in [5.74, 6) is 0.0818. The summed E-state index contributed by atoms with van der Waals surface area (Å²) in [7, 11) is -1.31. The van der Waals surface area contributed by atoms with Crippen molar-refractivity contribution >= 4 is 44.2 Å². The van der Waals surface area contributed by atoms with Gasteiger partial charge in [0.2, 0.25) is 0 Å². The van der Waals surface area contributed by atoms with E-state index in [0.717, 1.165) is 27.4 Å². The van der Waals surface area contributed by atoms with Gasteiger partial charge >= 0.3 is 0 Å². The molecule has 4 nitrogen and oxygen atoms in total. The molecule has 126 valence electrons. The summed E-state index contributed by atoms with van der Waals surface area (Å²) in [4.78, 5) is 4.91. The first-order chi connectivity index (χ1) is 12.1. The Morgan fingerprint density at radius 1 is 1.24 bits per heavy atom. The van der Waals surface area contributed by atoms with Crippen LogP contribution in [0.15, 0.2) is 47.5 Å². The van der Waals surface area contributed by atoms with Gasteiger partial charge in [0, 0.05) is 22.1 Å². The SMILES string of the molecule is CCS(=O)c1c(Cl)nc2cc3[nH]ncc3cc2c1-c1ccc(F)cc1. The summed E-state index contributed by atoms with van der Waals surface area (Å²) in [5.41, 5.74) is 2.97. The van der Waals surface area contributed by atoms with Crippen LogP contribution in [-0.2, 0) is 10.8 Å². The summed E-state index contributed by atoms with van der Waals surface area (Å²) in [6.45, 7) is 1.82. The fourth-order valence-electron chi connectivity index (χ4n) is 2.91. The zero-order valence-electron chi connectivity index (χ0n) is 13.2. The number of pyridine rings is 1. The van der Waals surface area contributed by atoms with Gasteiger partial charge in [0.1, 0.15) is 11.0 Å². The van der Waals surface area contributed by atoms with Gasteiger partial charge in [0.25, 0.3) is 0 Å². The van der Waals surface area contributed by atoms with Crippen LogP contribution in [0.1, 0.15) is 6.92 Å². The maximum atomic E-state index is 13.4. The number of benzene rings is 2. The molecule has 2 aromatic carbocycles. The highest BCUT2D eigenvalue weighted by Crippen LogP contribution is 2.38. The Balaban J connectivity index is 2.16. The summed E-state index contributed by atoms with van der Waals surface area (Å²) < 4.78 is 26.0. The highest BCUT2D eigenvalue weighted by atomic mass is 35.5. The van der Waals surface area contributed by atoms with Crippen molar-refractivity contribution in [1.29, 1.82) is 0 Å². The number of fused-ring (bicyclic) bond motifs is 2. The van der Waals surface area contributed by atoms with Crippen LogP contribution in [0.2, 0.25) is 5.15 Å². The molecule has 0 saturated carbocycles. The Hall–Kier alpha value is -2.31. The fourth-order valence-corrected chi connectivity index (χ4v) is 4.33. The molecule has 1 N–H and O–H groups in total. The molecule has 2 aromatic heterocycles. The first-order valence-electron chi connectivity index (χ1n) is 7.69. The van der Waals surface area contributed by atoms with Crippen molar-refractivity contribution in [3.8, 4) is 11.1 Å². The zero-order chi connectivity index (χ0) is 17.6. The quantitative estimate of drug-likeness (QED) is 0.529. The van der Waals surface area contributed by atoms with Crippen LogP contribution in [0.5, 0.6) is 0 Å². The molecular weight excluding hydrogens is 361 g/mol. The number of nitrogens with zero attached hydrogens (tertiary/aromatic N) is 2. The van der Waals surface area contributed by atoms with Crippen molar-refractivity contribution in [2.45, 2.75) is 11.8 Å². The van der Waals surface area contributed by atoms with Gasteiger partial charge in [-0.3, -0.25) is 9.31 Å². The maximum Gasteiger partial charge on any atom is 0.146 e. The fraction of sp³-hybridized carbons (Fsp3) is 0.111. The van der Waals surface area contributed by atoms with E-state index < -0.39 is 10.8 Å². The highest BCUT2D eigenvalue weighted by Gasteiger charge is 2.20. The van der Waals surface area contributed by atoms with Gasteiger partial charge in [-0.05, 0) is 29.8 Å². The van der Waals surface area contributed by atoms with E-state index >= 15 is 0 Å². The molecule has 0 fully saturated rings. The molecule has 1 unspecified atom stereocenters. The minimum absolute atomic E-state index is 0.200. The minimum atomic E-state index is -1.31.